The van der Waals surface area contributed by atoms with Gasteiger partial charge in [0.2, 0.25) is 0 Å². The molecule has 1 saturated heterocycles. The van der Waals surface area contributed by atoms with Gasteiger partial charge in [-0.25, -0.2) is 4.79 Å². The topological polar surface area (TPSA) is 59.6 Å². The lowest BCUT2D eigenvalue weighted by atomic mass is 10.0. The van der Waals surface area contributed by atoms with E-state index in [0.29, 0.717) is 18.6 Å². The van der Waals surface area contributed by atoms with E-state index in [1.54, 1.807) is 0 Å². The summed E-state index contributed by atoms with van der Waals surface area (Å²) in [7, 11) is 0. The summed E-state index contributed by atoms with van der Waals surface area (Å²) in [5, 5.41) is 5.80. The molecule has 5 heteroatoms. The van der Waals surface area contributed by atoms with Crippen LogP contribution >= 0.6 is 0 Å². The van der Waals surface area contributed by atoms with Crippen LogP contribution < -0.4 is 15.4 Å². The summed E-state index contributed by atoms with van der Waals surface area (Å²) in [6.07, 6.45) is 7.26. The molecule has 1 aromatic rings. The monoisotopic (exact) mass is 318 g/mol. The van der Waals surface area contributed by atoms with Gasteiger partial charge in [0.05, 0.1) is 12.7 Å². The van der Waals surface area contributed by atoms with Gasteiger partial charge in [-0.15, -0.1) is 0 Å². The van der Waals surface area contributed by atoms with Gasteiger partial charge in [-0.05, 0) is 56.6 Å². The molecule has 0 spiro atoms. The smallest absolute Gasteiger partial charge is 0.319 e. The van der Waals surface area contributed by atoms with Crippen molar-refractivity contribution < 1.29 is 14.3 Å². The highest BCUT2D eigenvalue weighted by atomic mass is 16.5. The number of hydrogen-bond acceptors (Lipinski definition) is 3. The molecule has 2 N–H and O–H groups in total. The Labute approximate surface area is 137 Å². The number of hydrogen-bond donors (Lipinski definition) is 2. The molecule has 1 saturated carbocycles. The summed E-state index contributed by atoms with van der Waals surface area (Å²) >= 11 is 0. The fourth-order valence-electron chi connectivity index (χ4n) is 3.23. The van der Waals surface area contributed by atoms with Crippen LogP contribution in [0.2, 0.25) is 0 Å². The van der Waals surface area contributed by atoms with Crippen LogP contribution in [-0.4, -0.2) is 31.9 Å². The lowest BCUT2D eigenvalue weighted by molar-refractivity contribution is 0.0559. The van der Waals surface area contributed by atoms with Gasteiger partial charge in [-0.2, -0.15) is 0 Å². The van der Waals surface area contributed by atoms with Gasteiger partial charge in [0.25, 0.3) is 0 Å². The molecule has 1 aromatic carbocycles. The van der Waals surface area contributed by atoms with Crippen LogP contribution in [0.15, 0.2) is 24.3 Å². The number of ether oxygens (including phenoxy) is 2. The SMILES string of the molecule is O=C(NC[C@H]1CCCOC1)Nc1cccc(OC2CCCC2)c1. The van der Waals surface area contributed by atoms with Crippen LogP contribution in [0.5, 0.6) is 5.75 Å². The second-order valence-electron chi connectivity index (χ2n) is 6.47. The van der Waals surface area contributed by atoms with E-state index in [0.717, 1.165) is 50.3 Å². The van der Waals surface area contributed by atoms with E-state index in [4.69, 9.17) is 9.47 Å². The molecule has 0 unspecified atom stereocenters. The molecule has 2 aliphatic rings. The predicted octanol–water partition coefficient (Wildman–Crippen LogP) is 3.56. The number of nitrogens with one attached hydrogen (secondary N) is 2. The highest BCUT2D eigenvalue weighted by molar-refractivity contribution is 5.89. The van der Waals surface area contributed by atoms with Crippen molar-refractivity contribution in [2.24, 2.45) is 5.92 Å². The summed E-state index contributed by atoms with van der Waals surface area (Å²) in [5.41, 5.74) is 0.762. The molecular weight excluding hydrogens is 292 g/mol. The van der Waals surface area contributed by atoms with Gasteiger partial charge in [-0.3, -0.25) is 0 Å². The van der Waals surface area contributed by atoms with E-state index < -0.39 is 0 Å². The maximum absolute atomic E-state index is 12.0. The average molecular weight is 318 g/mol. The Bertz CT molecular complexity index is 509. The molecule has 5 nitrogen and oxygen atoms in total. The quantitative estimate of drug-likeness (QED) is 0.873. The van der Waals surface area contributed by atoms with Crippen LogP contribution in [0.25, 0.3) is 0 Å². The fourth-order valence-corrected chi connectivity index (χ4v) is 3.23. The van der Waals surface area contributed by atoms with Crippen molar-refractivity contribution in [1.29, 1.82) is 0 Å². The summed E-state index contributed by atoms with van der Waals surface area (Å²) in [6.45, 7) is 2.24. The third-order valence-corrected chi connectivity index (χ3v) is 4.50. The van der Waals surface area contributed by atoms with Crippen LogP contribution in [0.4, 0.5) is 10.5 Å². The Morgan fingerprint density at radius 1 is 1.22 bits per heavy atom. The number of anilines is 1. The normalized spacial score (nSPS) is 21.8. The van der Waals surface area contributed by atoms with E-state index in [-0.39, 0.29) is 6.03 Å². The van der Waals surface area contributed by atoms with Crippen molar-refractivity contribution in [1.82, 2.24) is 5.32 Å². The fraction of sp³-hybridized carbons (Fsp3) is 0.611. The molecule has 0 radical (unpaired) electrons. The summed E-state index contributed by atoms with van der Waals surface area (Å²) in [5.74, 6) is 1.25. The van der Waals surface area contributed by atoms with Gasteiger partial charge in [0.15, 0.2) is 0 Å². The molecule has 126 valence electrons. The Kier molecular flexibility index (Phi) is 5.75. The van der Waals surface area contributed by atoms with E-state index >= 15 is 0 Å². The number of benzene rings is 1. The second kappa shape index (κ2) is 8.20. The van der Waals surface area contributed by atoms with Crippen LogP contribution in [0.1, 0.15) is 38.5 Å². The van der Waals surface area contributed by atoms with Crippen molar-refractivity contribution in [3.8, 4) is 5.75 Å². The first-order valence-corrected chi connectivity index (χ1v) is 8.69. The van der Waals surface area contributed by atoms with Crippen molar-refractivity contribution in [3.63, 3.8) is 0 Å². The summed E-state index contributed by atoms with van der Waals surface area (Å²) in [4.78, 5) is 12.0. The van der Waals surface area contributed by atoms with Gasteiger partial charge < -0.3 is 20.1 Å². The van der Waals surface area contributed by atoms with Gasteiger partial charge in [-0.1, -0.05) is 6.07 Å². The summed E-state index contributed by atoms with van der Waals surface area (Å²) < 4.78 is 11.4. The first kappa shape index (κ1) is 16.1. The average Bonchev–Trinajstić information content (AvgIpc) is 3.07. The van der Waals surface area contributed by atoms with Gasteiger partial charge >= 0.3 is 6.03 Å². The Morgan fingerprint density at radius 3 is 2.87 bits per heavy atom. The molecule has 0 aromatic heterocycles. The van der Waals surface area contributed by atoms with E-state index in [1.807, 2.05) is 24.3 Å². The zero-order valence-corrected chi connectivity index (χ0v) is 13.6. The highest BCUT2D eigenvalue weighted by Crippen LogP contribution is 2.25. The maximum atomic E-state index is 12.0. The molecule has 1 heterocycles. The number of amides is 2. The van der Waals surface area contributed by atoms with E-state index in [1.165, 1.54) is 12.8 Å². The zero-order valence-electron chi connectivity index (χ0n) is 13.6. The van der Waals surface area contributed by atoms with Gasteiger partial charge in [0.1, 0.15) is 5.75 Å². The van der Waals surface area contributed by atoms with Crippen molar-refractivity contribution in [2.75, 3.05) is 25.1 Å². The number of carbonyl (C=O) groups is 1. The lowest BCUT2D eigenvalue weighted by Crippen LogP contribution is -2.35. The van der Waals surface area contributed by atoms with Crippen LogP contribution in [0, 0.1) is 5.92 Å². The molecule has 3 rings (SSSR count). The number of carbonyl (C=O) groups excluding carboxylic acids is 1. The maximum Gasteiger partial charge on any atom is 0.319 e. The Morgan fingerprint density at radius 2 is 2.09 bits per heavy atom. The minimum atomic E-state index is -0.173. The van der Waals surface area contributed by atoms with E-state index in [2.05, 4.69) is 10.6 Å². The molecule has 2 amide bonds. The zero-order chi connectivity index (χ0) is 15.9. The minimum Gasteiger partial charge on any atom is -0.490 e. The molecule has 1 atom stereocenters. The summed E-state index contributed by atoms with van der Waals surface area (Å²) in [6, 6.07) is 7.45. The Hall–Kier alpha value is -1.75. The third-order valence-electron chi connectivity index (χ3n) is 4.50. The molecule has 2 fully saturated rings. The standard InChI is InChI=1S/C18H26N2O3/c21-18(19-12-14-5-4-10-22-13-14)20-15-6-3-9-17(11-15)23-16-7-1-2-8-16/h3,6,9,11,14,16H,1-2,4-5,7-8,10,12-13H2,(H2,19,20,21)/t14-/m1/s1. The Balaban J connectivity index is 1.45. The van der Waals surface area contributed by atoms with Gasteiger partial charge in [0, 0.05) is 24.9 Å². The molecule has 1 aliphatic carbocycles. The first-order chi connectivity index (χ1) is 11.3. The minimum absolute atomic E-state index is 0.173. The largest absolute Gasteiger partial charge is 0.490 e. The van der Waals surface area contributed by atoms with Crippen molar-refractivity contribution in [3.05, 3.63) is 24.3 Å². The van der Waals surface area contributed by atoms with Crippen molar-refractivity contribution >= 4 is 11.7 Å². The molecule has 0 bridgehead atoms. The van der Waals surface area contributed by atoms with Crippen LogP contribution in [0.3, 0.4) is 0 Å². The molecule has 1 aliphatic heterocycles. The first-order valence-electron chi connectivity index (χ1n) is 8.69. The lowest BCUT2D eigenvalue weighted by Gasteiger charge is -2.22. The molecule has 23 heavy (non-hydrogen) atoms. The predicted molar refractivity (Wildman–Crippen MR) is 89.9 cm³/mol. The number of rotatable bonds is 5. The second-order valence-corrected chi connectivity index (χ2v) is 6.47. The highest BCUT2D eigenvalue weighted by Gasteiger charge is 2.17. The molecular formula is C18H26N2O3. The van der Waals surface area contributed by atoms with E-state index in [9.17, 15) is 4.79 Å². The third kappa shape index (κ3) is 5.13. The number of urea groups is 1. The van der Waals surface area contributed by atoms with Crippen LogP contribution in [-0.2, 0) is 4.74 Å². The van der Waals surface area contributed by atoms with Crippen molar-refractivity contribution in [2.45, 2.75) is 44.6 Å².